The zero-order chi connectivity index (χ0) is 15.4. The molecule has 3 nitrogen and oxygen atoms in total. The smallest absolute Gasteiger partial charge is 0.264 e. The fraction of sp³-hybridized carbons (Fsp3) is 0.706. The molecule has 0 bridgehead atoms. The maximum Gasteiger partial charge on any atom is 0.264 e. The normalized spacial score (nSPS) is 21.8. The number of amides is 1. The SMILES string of the molecule is O=C(c1ccc(Br)s1)N1CCCN(CC2CCCCC2)CC1. The number of nitrogens with zero attached hydrogens (tertiary/aromatic N) is 2. The van der Waals surface area contributed by atoms with Crippen LogP contribution in [0.5, 0.6) is 0 Å². The highest BCUT2D eigenvalue weighted by atomic mass is 79.9. The van der Waals surface area contributed by atoms with E-state index in [0.29, 0.717) is 0 Å². The Balaban J connectivity index is 1.52. The van der Waals surface area contributed by atoms with E-state index < -0.39 is 0 Å². The minimum absolute atomic E-state index is 0.204. The van der Waals surface area contributed by atoms with Gasteiger partial charge in [0, 0.05) is 26.2 Å². The summed E-state index contributed by atoms with van der Waals surface area (Å²) in [5.41, 5.74) is 0. The first-order valence-corrected chi connectivity index (χ1v) is 10.1. The van der Waals surface area contributed by atoms with Crippen LogP contribution in [0.1, 0.15) is 48.2 Å². The minimum Gasteiger partial charge on any atom is -0.337 e. The first kappa shape index (κ1) is 16.5. The molecule has 0 atom stereocenters. The van der Waals surface area contributed by atoms with Gasteiger partial charge in [0.25, 0.3) is 5.91 Å². The van der Waals surface area contributed by atoms with Crippen molar-refractivity contribution in [2.24, 2.45) is 5.92 Å². The Morgan fingerprint density at radius 3 is 2.64 bits per heavy atom. The molecule has 1 amide bonds. The van der Waals surface area contributed by atoms with Crippen molar-refractivity contribution in [2.75, 3.05) is 32.7 Å². The highest BCUT2D eigenvalue weighted by Gasteiger charge is 2.23. The Labute approximate surface area is 145 Å². The maximum absolute atomic E-state index is 12.6. The van der Waals surface area contributed by atoms with Crippen molar-refractivity contribution in [3.8, 4) is 0 Å². The summed E-state index contributed by atoms with van der Waals surface area (Å²) in [6.45, 7) is 5.20. The molecule has 1 aliphatic carbocycles. The Hall–Kier alpha value is -0.390. The fourth-order valence-corrected chi connectivity index (χ4v) is 5.03. The van der Waals surface area contributed by atoms with E-state index in [2.05, 4.69) is 20.8 Å². The van der Waals surface area contributed by atoms with E-state index in [1.165, 1.54) is 50.0 Å². The van der Waals surface area contributed by atoms with E-state index in [9.17, 15) is 4.79 Å². The third-order valence-corrected chi connectivity index (χ3v) is 6.51. The third kappa shape index (κ3) is 4.33. The van der Waals surface area contributed by atoms with Gasteiger partial charge >= 0.3 is 0 Å². The van der Waals surface area contributed by atoms with Gasteiger partial charge in [0.1, 0.15) is 0 Å². The molecule has 1 aromatic heterocycles. The zero-order valence-electron chi connectivity index (χ0n) is 13.1. The van der Waals surface area contributed by atoms with Crippen LogP contribution < -0.4 is 0 Å². The van der Waals surface area contributed by atoms with E-state index in [1.807, 2.05) is 17.0 Å². The van der Waals surface area contributed by atoms with Crippen LogP contribution in [0, 0.1) is 5.92 Å². The number of carbonyl (C=O) groups is 1. The lowest BCUT2D eigenvalue weighted by Crippen LogP contribution is -2.36. The van der Waals surface area contributed by atoms with E-state index in [-0.39, 0.29) is 5.91 Å². The number of halogens is 1. The third-order valence-electron chi connectivity index (χ3n) is 4.90. The predicted molar refractivity (Wildman–Crippen MR) is 95.6 cm³/mol. The summed E-state index contributed by atoms with van der Waals surface area (Å²) >= 11 is 4.98. The van der Waals surface area contributed by atoms with Gasteiger partial charge < -0.3 is 9.80 Å². The van der Waals surface area contributed by atoms with Gasteiger partial charge in [-0.2, -0.15) is 0 Å². The molecule has 0 N–H and O–H groups in total. The summed E-state index contributed by atoms with van der Waals surface area (Å²) in [7, 11) is 0. The van der Waals surface area contributed by atoms with Gasteiger partial charge in [-0.05, 0) is 59.8 Å². The molecule has 2 aliphatic rings. The van der Waals surface area contributed by atoms with Gasteiger partial charge in [-0.25, -0.2) is 0 Å². The maximum atomic E-state index is 12.6. The lowest BCUT2D eigenvalue weighted by molar-refractivity contribution is 0.0765. The van der Waals surface area contributed by atoms with Crippen molar-refractivity contribution in [3.63, 3.8) is 0 Å². The first-order valence-electron chi connectivity index (χ1n) is 8.49. The number of hydrogen-bond acceptors (Lipinski definition) is 3. The van der Waals surface area contributed by atoms with Crippen LogP contribution in [0.25, 0.3) is 0 Å². The van der Waals surface area contributed by atoms with Gasteiger partial charge in [0.05, 0.1) is 8.66 Å². The fourth-order valence-electron chi connectivity index (χ4n) is 3.68. The molecule has 2 fully saturated rings. The van der Waals surface area contributed by atoms with Crippen molar-refractivity contribution >= 4 is 33.2 Å². The van der Waals surface area contributed by atoms with Gasteiger partial charge in [0.15, 0.2) is 0 Å². The van der Waals surface area contributed by atoms with Crippen LogP contribution in [-0.4, -0.2) is 48.4 Å². The Morgan fingerprint density at radius 2 is 1.91 bits per heavy atom. The second-order valence-electron chi connectivity index (χ2n) is 6.55. The molecule has 122 valence electrons. The van der Waals surface area contributed by atoms with Gasteiger partial charge in [-0.3, -0.25) is 4.79 Å². The van der Waals surface area contributed by atoms with E-state index >= 15 is 0 Å². The van der Waals surface area contributed by atoms with E-state index in [4.69, 9.17) is 0 Å². The Kier molecular flexibility index (Phi) is 5.94. The summed E-state index contributed by atoms with van der Waals surface area (Å²) in [5, 5.41) is 0. The molecule has 1 saturated carbocycles. The lowest BCUT2D eigenvalue weighted by atomic mass is 9.89. The van der Waals surface area contributed by atoms with Crippen molar-refractivity contribution < 1.29 is 4.79 Å². The molecular weight excluding hydrogens is 360 g/mol. The number of rotatable bonds is 3. The Bertz CT molecular complexity index is 499. The average Bonchev–Trinajstić information content (AvgIpc) is 2.83. The monoisotopic (exact) mass is 384 g/mol. The minimum atomic E-state index is 0.204. The molecule has 2 heterocycles. The summed E-state index contributed by atoms with van der Waals surface area (Å²) < 4.78 is 1.03. The molecule has 1 aliphatic heterocycles. The molecule has 0 spiro atoms. The van der Waals surface area contributed by atoms with Crippen molar-refractivity contribution in [1.82, 2.24) is 9.80 Å². The zero-order valence-corrected chi connectivity index (χ0v) is 15.5. The van der Waals surface area contributed by atoms with Crippen LogP contribution >= 0.6 is 27.3 Å². The highest BCUT2D eigenvalue weighted by molar-refractivity contribution is 9.11. The molecule has 0 radical (unpaired) electrons. The second kappa shape index (κ2) is 7.93. The van der Waals surface area contributed by atoms with Gasteiger partial charge in [-0.1, -0.05) is 19.3 Å². The van der Waals surface area contributed by atoms with Crippen LogP contribution in [0.4, 0.5) is 0 Å². The van der Waals surface area contributed by atoms with Crippen LogP contribution in [0.2, 0.25) is 0 Å². The van der Waals surface area contributed by atoms with E-state index in [1.54, 1.807) is 0 Å². The van der Waals surface area contributed by atoms with Crippen molar-refractivity contribution in [1.29, 1.82) is 0 Å². The van der Waals surface area contributed by atoms with Crippen molar-refractivity contribution in [3.05, 3.63) is 20.8 Å². The number of carbonyl (C=O) groups excluding carboxylic acids is 1. The van der Waals surface area contributed by atoms with Crippen LogP contribution in [0.3, 0.4) is 0 Å². The van der Waals surface area contributed by atoms with Crippen molar-refractivity contribution in [2.45, 2.75) is 38.5 Å². The first-order chi connectivity index (χ1) is 10.7. The van der Waals surface area contributed by atoms with Crippen LogP contribution in [0.15, 0.2) is 15.9 Å². The van der Waals surface area contributed by atoms with Gasteiger partial charge in [-0.15, -0.1) is 11.3 Å². The molecule has 5 heteroatoms. The van der Waals surface area contributed by atoms with E-state index in [0.717, 1.165) is 47.2 Å². The molecule has 1 aromatic rings. The molecule has 3 rings (SSSR count). The summed E-state index contributed by atoms with van der Waals surface area (Å²) in [5.74, 6) is 1.10. The lowest BCUT2D eigenvalue weighted by Gasteiger charge is -2.28. The Morgan fingerprint density at radius 1 is 1.09 bits per heavy atom. The summed E-state index contributed by atoms with van der Waals surface area (Å²) in [6.07, 6.45) is 8.16. The van der Waals surface area contributed by atoms with Crippen LogP contribution in [-0.2, 0) is 0 Å². The quantitative estimate of drug-likeness (QED) is 0.777. The summed E-state index contributed by atoms with van der Waals surface area (Å²) in [4.78, 5) is 18.0. The predicted octanol–water partition coefficient (Wildman–Crippen LogP) is 4.24. The summed E-state index contributed by atoms with van der Waals surface area (Å²) in [6, 6.07) is 3.90. The molecule has 0 unspecified atom stereocenters. The molecule has 0 aromatic carbocycles. The van der Waals surface area contributed by atoms with Gasteiger partial charge in [0.2, 0.25) is 0 Å². The number of hydrogen-bond donors (Lipinski definition) is 0. The number of thiophene rings is 1. The second-order valence-corrected chi connectivity index (χ2v) is 9.02. The highest BCUT2D eigenvalue weighted by Crippen LogP contribution is 2.26. The standard InChI is InChI=1S/C17H25BrN2OS/c18-16-8-7-15(22-16)17(21)20-10-4-9-19(11-12-20)13-14-5-2-1-3-6-14/h7-8,14H,1-6,9-13H2. The molecule has 22 heavy (non-hydrogen) atoms. The topological polar surface area (TPSA) is 23.6 Å². The molecular formula is C17H25BrN2OS. The average molecular weight is 385 g/mol. The molecule has 1 saturated heterocycles. The largest absolute Gasteiger partial charge is 0.337 e.